The van der Waals surface area contributed by atoms with Gasteiger partial charge < -0.3 is 4.57 Å². The number of hydrogen-bond acceptors (Lipinski definition) is 1. The quantitative estimate of drug-likeness (QED) is 0.677. The van der Waals surface area contributed by atoms with Crippen molar-refractivity contribution in [2.24, 2.45) is 0 Å². The molecule has 0 fully saturated rings. The van der Waals surface area contributed by atoms with E-state index in [1.165, 1.54) is 37.1 Å². The number of carbonyl (C=O) groups excluding carboxylic acids is 1. The summed E-state index contributed by atoms with van der Waals surface area (Å²) in [5.74, 6) is 0.326. The molecule has 0 N–H and O–H groups in total. The van der Waals surface area contributed by atoms with Crippen LogP contribution in [0.2, 0.25) is 0 Å². The summed E-state index contributed by atoms with van der Waals surface area (Å²) in [6, 6.07) is 2.87. The van der Waals surface area contributed by atoms with Crippen LogP contribution in [0.25, 0.3) is 0 Å². The maximum Gasteiger partial charge on any atom is 0.164 e. The van der Waals surface area contributed by atoms with Crippen molar-refractivity contribution < 1.29 is 4.79 Å². The van der Waals surface area contributed by atoms with Crippen LogP contribution in [0.5, 0.6) is 0 Å². The first-order valence-electron chi connectivity index (χ1n) is 6.07. The van der Waals surface area contributed by atoms with Gasteiger partial charge in [0.15, 0.2) is 5.78 Å². The molecule has 3 rings (SSSR count). The minimum Gasteiger partial charge on any atom is -0.345 e. The van der Waals surface area contributed by atoms with E-state index >= 15 is 0 Å². The summed E-state index contributed by atoms with van der Waals surface area (Å²) in [6.45, 7) is 1.96. The van der Waals surface area contributed by atoms with E-state index in [0.29, 0.717) is 18.2 Å². The van der Waals surface area contributed by atoms with Crippen LogP contribution in [-0.2, 0) is 12.8 Å². The van der Waals surface area contributed by atoms with Crippen LogP contribution in [0.1, 0.15) is 60.4 Å². The highest BCUT2D eigenvalue weighted by Gasteiger charge is 2.31. The molecule has 0 saturated carbocycles. The Morgan fingerprint density at radius 2 is 2.33 bits per heavy atom. The fourth-order valence-corrected chi connectivity index (χ4v) is 3.18. The fraction of sp³-hybridized carbons (Fsp3) is 0.615. The summed E-state index contributed by atoms with van der Waals surface area (Å²) in [4.78, 5) is 11.8. The van der Waals surface area contributed by atoms with Gasteiger partial charge in [0.25, 0.3) is 0 Å². The van der Waals surface area contributed by atoms with Crippen molar-refractivity contribution in [2.75, 3.05) is 0 Å². The third kappa shape index (κ3) is 1.20. The maximum atomic E-state index is 11.8. The average Bonchev–Trinajstić information content (AvgIpc) is 2.84. The molecule has 0 spiro atoms. The van der Waals surface area contributed by atoms with Crippen LogP contribution < -0.4 is 0 Å². The molecular formula is C13H17NO. The maximum absolute atomic E-state index is 11.8. The SMILES string of the molecule is CCC(=O)c1cc2n3c1CCCC3CC2. The molecule has 0 saturated heterocycles. The number of Topliss-reactive ketones (excluding diaryl/α,β-unsaturated/α-hetero) is 1. The lowest BCUT2D eigenvalue weighted by Crippen LogP contribution is -2.16. The molecular weight excluding hydrogens is 186 g/mol. The zero-order valence-corrected chi connectivity index (χ0v) is 9.25. The zero-order valence-electron chi connectivity index (χ0n) is 9.25. The second-order valence-electron chi connectivity index (χ2n) is 4.73. The van der Waals surface area contributed by atoms with Crippen molar-refractivity contribution in [3.63, 3.8) is 0 Å². The molecule has 0 amide bonds. The molecule has 2 heteroatoms. The Bertz CT molecular complexity index is 416. The average molecular weight is 203 g/mol. The van der Waals surface area contributed by atoms with E-state index in [1.807, 2.05) is 6.92 Å². The predicted molar refractivity (Wildman–Crippen MR) is 59.3 cm³/mol. The molecule has 0 aliphatic carbocycles. The molecule has 1 atom stereocenters. The van der Waals surface area contributed by atoms with Gasteiger partial charge >= 0.3 is 0 Å². The van der Waals surface area contributed by atoms with Crippen molar-refractivity contribution in [3.05, 3.63) is 23.0 Å². The Balaban J connectivity index is 2.12. The van der Waals surface area contributed by atoms with Crippen LogP contribution in [0.15, 0.2) is 6.07 Å². The van der Waals surface area contributed by atoms with E-state index in [-0.39, 0.29) is 0 Å². The summed E-state index contributed by atoms with van der Waals surface area (Å²) in [5, 5.41) is 0. The summed E-state index contributed by atoms with van der Waals surface area (Å²) >= 11 is 0. The highest BCUT2D eigenvalue weighted by Crippen LogP contribution is 2.38. The Morgan fingerprint density at radius 1 is 1.47 bits per heavy atom. The first kappa shape index (κ1) is 9.20. The third-order valence-electron chi connectivity index (χ3n) is 3.89. The molecule has 80 valence electrons. The van der Waals surface area contributed by atoms with E-state index in [9.17, 15) is 4.79 Å². The van der Waals surface area contributed by atoms with E-state index < -0.39 is 0 Å². The van der Waals surface area contributed by atoms with E-state index in [0.717, 1.165) is 12.0 Å². The summed E-state index contributed by atoms with van der Waals surface area (Å²) in [7, 11) is 0. The lowest BCUT2D eigenvalue weighted by atomic mass is 9.97. The van der Waals surface area contributed by atoms with Crippen LogP contribution in [-0.4, -0.2) is 10.4 Å². The number of aryl methyl sites for hydroxylation is 1. The Morgan fingerprint density at radius 3 is 3.13 bits per heavy atom. The van der Waals surface area contributed by atoms with Gasteiger partial charge in [-0.1, -0.05) is 6.92 Å². The smallest absolute Gasteiger partial charge is 0.164 e. The first-order chi connectivity index (χ1) is 7.31. The minimum atomic E-state index is 0.326. The molecule has 2 aliphatic rings. The molecule has 0 radical (unpaired) electrons. The number of rotatable bonds is 2. The number of carbonyl (C=O) groups is 1. The van der Waals surface area contributed by atoms with Gasteiger partial charge in [0.1, 0.15) is 0 Å². The molecule has 0 bridgehead atoms. The van der Waals surface area contributed by atoms with Crippen molar-refractivity contribution >= 4 is 5.78 Å². The fourth-order valence-electron chi connectivity index (χ4n) is 3.18. The molecule has 1 unspecified atom stereocenters. The van der Waals surface area contributed by atoms with Gasteiger partial charge in [-0.15, -0.1) is 0 Å². The summed E-state index contributed by atoms with van der Waals surface area (Å²) < 4.78 is 2.46. The van der Waals surface area contributed by atoms with Crippen molar-refractivity contribution in [1.29, 1.82) is 0 Å². The van der Waals surface area contributed by atoms with Gasteiger partial charge in [-0.25, -0.2) is 0 Å². The largest absolute Gasteiger partial charge is 0.345 e. The number of aromatic nitrogens is 1. The lowest BCUT2D eigenvalue weighted by molar-refractivity contribution is 0.0986. The van der Waals surface area contributed by atoms with Crippen LogP contribution in [0.3, 0.4) is 0 Å². The van der Waals surface area contributed by atoms with E-state index in [4.69, 9.17) is 0 Å². The second-order valence-corrected chi connectivity index (χ2v) is 4.73. The lowest BCUT2D eigenvalue weighted by Gasteiger charge is -2.23. The monoisotopic (exact) mass is 203 g/mol. The molecule has 1 aromatic heterocycles. The van der Waals surface area contributed by atoms with Crippen molar-refractivity contribution in [1.82, 2.24) is 4.57 Å². The van der Waals surface area contributed by atoms with Crippen LogP contribution in [0.4, 0.5) is 0 Å². The number of hydrogen-bond donors (Lipinski definition) is 0. The van der Waals surface area contributed by atoms with Gasteiger partial charge in [-0.2, -0.15) is 0 Å². The van der Waals surface area contributed by atoms with Crippen LogP contribution in [0, 0.1) is 0 Å². The van der Waals surface area contributed by atoms with Gasteiger partial charge in [-0.3, -0.25) is 4.79 Å². The standard InChI is InChI=1S/C13H17NO/c1-2-13(15)11-8-10-7-6-9-4-3-5-12(11)14(9)10/h8-9H,2-7H2,1H3. The number of nitrogens with zero attached hydrogens (tertiary/aromatic N) is 1. The molecule has 2 nitrogen and oxygen atoms in total. The molecule has 1 aromatic rings. The highest BCUT2D eigenvalue weighted by atomic mass is 16.1. The zero-order chi connectivity index (χ0) is 10.4. The summed E-state index contributed by atoms with van der Waals surface area (Å²) in [5.41, 5.74) is 3.77. The molecule has 3 heterocycles. The van der Waals surface area contributed by atoms with E-state index in [1.54, 1.807) is 0 Å². The second kappa shape index (κ2) is 3.22. The normalized spacial score (nSPS) is 22.9. The topological polar surface area (TPSA) is 22.0 Å². The Kier molecular flexibility index (Phi) is 1.98. The van der Waals surface area contributed by atoms with Gasteiger partial charge in [-0.05, 0) is 38.2 Å². The third-order valence-corrected chi connectivity index (χ3v) is 3.89. The summed E-state index contributed by atoms with van der Waals surface area (Å²) in [6.07, 6.45) is 6.79. The van der Waals surface area contributed by atoms with Crippen molar-refractivity contribution in [3.8, 4) is 0 Å². The van der Waals surface area contributed by atoms with Gasteiger partial charge in [0, 0.05) is 29.4 Å². The van der Waals surface area contributed by atoms with E-state index in [2.05, 4.69) is 10.6 Å². The minimum absolute atomic E-state index is 0.326. The van der Waals surface area contributed by atoms with Gasteiger partial charge in [0.2, 0.25) is 0 Å². The Labute approximate surface area is 90.3 Å². The van der Waals surface area contributed by atoms with Crippen LogP contribution >= 0.6 is 0 Å². The molecule has 2 aliphatic heterocycles. The Hall–Kier alpha value is -1.05. The van der Waals surface area contributed by atoms with Crippen molar-refractivity contribution in [2.45, 2.75) is 51.5 Å². The first-order valence-corrected chi connectivity index (χ1v) is 6.07. The highest BCUT2D eigenvalue weighted by molar-refractivity contribution is 5.97. The van der Waals surface area contributed by atoms with Gasteiger partial charge in [0.05, 0.1) is 0 Å². The molecule has 15 heavy (non-hydrogen) atoms. The predicted octanol–water partition coefficient (Wildman–Crippen LogP) is 2.90. The molecule has 0 aromatic carbocycles. The number of ketones is 1.